The van der Waals surface area contributed by atoms with E-state index in [0.29, 0.717) is 0 Å². The molecule has 2 nitrogen and oxygen atoms in total. The molecule has 0 bridgehead atoms. The minimum atomic E-state index is -3.12. The van der Waals surface area contributed by atoms with Crippen LogP contribution >= 0.6 is 7.14 Å². The van der Waals surface area contributed by atoms with Gasteiger partial charge in [-0.2, -0.15) is 0 Å². The van der Waals surface area contributed by atoms with Crippen molar-refractivity contribution in [1.29, 1.82) is 0 Å². The smallest absolute Gasteiger partial charge is 0.171 e. The first-order chi connectivity index (χ1) is 26.2. The van der Waals surface area contributed by atoms with E-state index in [1.165, 1.54) is 49.9 Å². The van der Waals surface area contributed by atoms with Crippen molar-refractivity contribution in [2.24, 2.45) is 0 Å². The van der Waals surface area contributed by atoms with Crippen molar-refractivity contribution < 1.29 is 4.57 Å². The zero-order valence-electron chi connectivity index (χ0n) is 28.8. The summed E-state index contributed by atoms with van der Waals surface area (Å²) in [6.07, 6.45) is 0. The molecule has 1 aromatic heterocycles. The quantitative estimate of drug-likeness (QED) is 0.136. The van der Waals surface area contributed by atoms with Gasteiger partial charge in [0.15, 0.2) is 7.14 Å². The second-order valence-electron chi connectivity index (χ2n) is 14.1. The van der Waals surface area contributed by atoms with E-state index < -0.39 is 12.6 Å². The number of pyridine rings is 1. The number of hydrogen-bond donors (Lipinski definition) is 0. The molecule has 0 N–H and O–H groups in total. The second-order valence-corrected chi connectivity index (χ2v) is 16.9. The fourth-order valence-corrected chi connectivity index (χ4v) is 12.0. The zero-order chi connectivity index (χ0) is 35.1. The molecule has 0 unspecified atom stereocenters. The molecule has 0 fully saturated rings. The molecule has 2 aliphatic rings. The average molecular weight is 694 g/mol. The molecule has 9 aromatic rings. The van der Waals surface area contributed by atoms with Crippen molar-refractivity contribution in [1.82, 2.24) is 4.98 Å². The molecule has 3 heteroatoms. The molecule has 1 spiro atoms. The highest BCUT2D eigenvalue weighted by Crippen LogP contribution is 2.63. The minimum absolute atomic E-state index is 0.446. The Balaban J connectivity index is 1.18. The lowest BCUT2D eigenvalue weighted by Crippen LogP contribution is -2.25. The fourth-order valence-electron chi connectivity index (χ4n) is 9.31. The molecule has 0 saturated carbocycles. The van der Waals surface area contributed by atoms with Crippen LogP contribution < -0.4 is 15.9 Å². The predicted octanol–water partition coefficient (Wildman–Crippen LogP) is 11.0. The Kier molecular flexibility index (Phi) is 6.48. The van der Waals surface area contributed by atoms with Gasteiger partial charge in [0.05, 0.1) is 16.6 Å². The zero-order valence-corrected chi connectivity index (χ0v) is 29.7. The van der Waals surface area contributed by atoms with E-state index in [9.17, 15) is 0 Å². The Bertz CT molecular complexity index is 2880. The first-order valence-corrected chi connectivity index (χ1v) is 19.9. The number of nitrogens with zero attached hydrogens (tertiary/aromatic N) is 1. The van der Waals surface area contributed by atoms with E-state index in [-0.39, 0.29) is 0 Å². The first-order valence-electron chi connectivity index (χ1n) is 18.2. The molecular formula is C50H32NOP. The summed E-state index contributed by atoms with van der Waals surface area (Å²) in [5, 5.41) is 5.88. The summed E-state index contributed by atoms with van der Waals surface area (Å²) in [6.45, 7) is 0. The normalized spacial score (nSPS) is 13.5. The monoisotopic (exact) mass is 693 g/mol. The molecule has 8 aromatic carbocycles. The van der Waals surface area contributed by atoms with Crippen LogP contribution in [0.4, 0.5) is 0 Å². The summed E-state index contributed by atoms with van der Waals surface area (Å²) < 4.78 is 15.2. The van der Waals surface area contributed by atoms with Gasteiger partial charge in [-0.25, -0.2) is 4.98 Å². The number of para-hydroxylation sites is 1. The lowest BCUT2D eigenvalue weighted by atomic mass is 9.70. The van der Waals surface area contributed by atoms with Crippen molar-refractivity contribution in [3.63, 3.8) is 0 Å². The summed E-state index contributed by atoms with van der Waals surface area (Å²) in [6, 6.07) is 68.2. The third-order valence-electron chi connectivity index (χ3n) is 11.6. The molecule has 248 valence electrons. The van der Waals surface area contributed by atoms with Crippen LogP contribution in [0.25, 0.3) is 55.2 Å². The molecule has 0 atom stereocenters. The van der Waals surface area contributed by atoms with Crippen molar-refractivity contribution >= 4 is 44.7 Å². The average Bonchev–Trinajstić information content (AvgIpc) is 3.70. The summed E-state index contributed by atoms with van der Waals surface area (Å²) in [5.41, 5.74) is 12.8. The van der Waals surface area contributed by atoms with Gasteiger partial charge in [-0.15, -0.1) is 0 Å². The number of rotatable bonds is 4. The summed E-state index contributed by atoms with van der Waals surface area (Å²) in [7, 11) is -3.12. The van der Waals surface area contributed by atoms with Crippen LogP contribution in [0.15, 0.2) is 194 Å². The molecule has 11 rings (SSSR count). The highest BCUT2D eigenvalue weighted by Gasteiger charge is 2.51. The van der Waals surface area contributed by atoms with E-state index >= 15 is 4.57 Å². The van der Waals surface area contributed by atoms with Crippen LogP contribution in [0.3, 0.4) is 0 Å². The fraction of sp³-hybridized carbons (Fsp3) is 0.0200. The van der Waals surface area contributed by atoms with Crippen molar-refractivity contribution in [3.8, 4) is 33.5 Å². The van der Waals surface area contributed by atoms with E-state index in [1.807, 2.05) is 72.8 Å². The van der Waals surface area contributed by atoms with E-state index in [0.717, 1.165) is 43.5 Å². The standard InChI is InChI=1S/C50H32NOP/c52-53(34-15-3-1-4-16-34,35-17-5-2-6-18-35)36-29-27-33(28-30-36)49-43-32-47-42(31-41(43)40-22-10-14-26-48(40)51-49)39-21-9-13-25-46(39)50(47)44-23-11-7-19-37(44)38-20-8-12-24-45(38)50/h1-32H. The predicted molar refractivity (Wildman–Crippen MR) is 220 cm³/mol. The van der Waals surface area contributed by atoms with Crippen LogP contribution in [-0.4, -0.2) is 4.98 Å². The summed E-state index contributed by atoms with van der Waals surface area (Å²) in [5.74, 6) is 0. The van der Waals surface area contributed by atoms with E-state index in [1.54, 1.807) is 0 Å². The van der Waals surface area contributed by atoms with Gasteiger partial charge in [0.2, 0.25) is 0 Å². The van der Waals surface area contributed by atoms with Gasteiger partial charge in [-0.05, 0) is 68.1 Å². The van der Waals surface area contributed by atoms with E-state index in [4.69, 9.17) is 4.98 Å². The van der Waals surface area contributed by atoms with Crippen molar-refractivity contribution in [2.45, 2.75) is 5.41 Å². The Morgan fingerprint density at radius 2 is 0.849 bits per heavy atom. The largest absolute Gasteiger partial charge is 0.309 e. The first kappa shape index (κ1) is 30.3. The van der Waals surface area contributed by atoms with Crippen LogP contribution in [-0.2, 0) is 9.98 Å². The van der Waals surface area contributed by atoms with Gasteiger partial charge < -0.3 is 4.57 Å². The Labute approximate surface area is 308 Å². The van der Waals surface area contributed by atoms with Crippen molar-refractivity contribution in [2.75, 3.05) is 0 Å². The SMILES string of the molecule is O=P(c1ccccc1)(c1ccccc1)c1ccc(-c2nc3ccccc3c3cc4c(cc23)C2(c3ccccc3-c3ccccc32)c2ccccc2-4)cc1. The number of aromatic nitrogens is 1. The molecule has 0 amide bonds. The number of hydrogen-bond acceptors (Lipinski definition) is 2. The molecule has 2 aliphatic carbocycles. The molecule has 0 aliphatic heterocycles. The van der Waals surface area contributed by atoms with E-state index in [2.05, 4.69) is 121 Å². The third-order valence-corrected chi connectivity index (χ3v) is 14.6. The van der Waals surface area contributed by atoms with Gasteiger partial charge in [-0.1, -0.05) is 176 Å². The minimum Gasteiger partial charge on any atom is -0.309 e. The van der Waals surface area contributed by atoms with Crippen molar-refractivity contribution in [3.05, 3.63) is 216 Å². The van der Waals surface area contributed by atoms with Gasteiger partial charge in [0.25, 0.3) is 0 Å². The van der Waals surface area contributed by atoms with Crippen LogP contribution in [0.1, 0.15) is 22.3 Å². The number of fused-ring (bicyclic) bond motifs is 13. The van der Waals surface area contributed by atoms with Gasteiger partial charge in [0, 0.05) is 32.2 Å². The maximum atomic E-state index is 15.2. The Morgan fingerprint density at radius 1 is 0.377 bits per heavy atom. The molecule has 0 radical (unpaired) electrons. The third kappa shape index (κ3) is 4.10. The Morgan fingerprint density at radius 3 is 1.43 bits per heavy atom. The summed E-state index contributed by atoms with van der Waals surface area (Å²) in [4.78, 5) is 5.39. The van der Waals surface area contributed by atoms with Gasteiger partial charge in [-0.3, -0.25) is 0 Å². The lowest BCUT2D eigenvalue weighted by molar-refractivity contribution is 0.592. The van der Waals surface area contributed by atoms with Gasteiger partial charge in [0.1, 0.15) is 0 Å². The number of benzene rings is 8. The second kappa shape index (κ2) is 11.3. The van der Waals surface area contributed by atoms with Crippen LogP contribution in [0, 0.1) is 0 Å². The molecule has 53 heavy (non-hydrogen) atoms. The molecule has 0 saturated heterocycles. The Hall–Kier alpha value is -6.34. The maximum Gasteiger partial charge on any atom is 0.171 e. The molecular weight excluding hydrogens is 662 g/mol. The highest BCUT2D eigenvalue weighted by atomic mass is 31.2. The molecule has 1 heterocycles. The maximum absolute atomic E-state index is 15.2. The van der Waals surface area contributed by atoms with Crippen LogP contribution in [0.2, 0.25) is 0 Å². The topological polar surface area (TPSA) is 30.0 Å². The summed E-state index contributed by atoms with van der Waals surface area (Å²) >= 11 is 0. The highest BCUT2D eigenvalue weighted by molar-refractivity contribution is 7.85. The lowest BCUT2D eigenvalue weighted by Gasteiger charge is -2.30. The van der Waals surface area contributed by atoms with Gasteiger partial charge >= 0.3 is 0 Å². The van der Waals surface area contributed by atoms with Crippen LogP contribution in [0.5, 0.6) is 0 Å².